The molecule has 0 radical (unpaired) electrons. The Morgan fingerprint density at radius 3 is 2.24 bits per heavy atom. The summed E-state index contributed by atoms with van der Waals surface area (Å²) < 4.78 is 33.8. The van der Waals surface area contributed by atoms with Crippen molar-refractivity contribution in [2.75, 3.05) is 0 Å². The molecular formula is C21H23F2NO. The van der Waals surface area contributed by atoms with Gasteiger partial charge in [-0.2, -0.15) is 14.0 Å². The first-order chi connectivity index (χ1) is 12.0. The van der Waals surface area contributed by atoms with Gasteiger partial charge in [-0.25, -0.2) is 0 Å². The lowest BCUT2D eigenvalue weighted by Crippen LogP contribution is -2.20. The predicted octanol–water partition coefficient (Wildman–Crippen LogP) is 6.12. The van der Waals surface area contributed by atoms with E-state index in [-0.39, 0.29) is 5.56 Å². The molecule has 1 unspecified atom stereocenters. The number of unbranched alkanes of at least 4 members (excludes halogenated alkanes) is 2. The Morgan fingerprint density at radius 1 is 1.04 bits per heavy atom. The Bertz CT molecular complexity index is 702. The Hall–Kier alpha value is -2.25. The molecule has 2 aromatic rings. The van der Waals surface area contributed by atoms with Crippen LogP contribution in [-0.4, -0.2) is 0 Å². The molecule has 0 N–H and O–H groups in total. The average Bonchev–Trinajstić information content (AvgIpc) is 2.62. The lowest BCUT2D eigenvalue weighted by Gasteiger charge is -2.22. The molecule has 2 aromatic carbocycles. The van der Waals surface area contributed by atoms with E-state index in [2.05, 4.69) is 6.92 Å². The Morgan fingerprint density at radius 2 is 1.68 bits per heavy atom. The van der Waals surface area contributed by atoms with Crippen LogP contribution in [0.2, 0.25) is 0 Å². The number of ether oxygens (including phenoxy) is 1. The topological polar surface area (TPSA) is 33.0 Å². The number of alkyl halides is 2. The summed E-state index contributed by atoms with van der Waals surface area (Å²) in [5, 5.41) is 8.79. The molecule has 2 rings (SSSR count). The van der Waals surface area contributed by atoms with Crippen molar-refractivity contribution in [2.24, 2.45) is 0 Å². The van der Waals surface area contributed by atoms with Gasteiger partial charge in [0.2, 0.25) is 0 Å². The molecule has 0 aliphatic heterocycles. The van der Waals surface area contributed by atoms with Gasteiger partial charge < -0.3 is 4.74 Å². The summed E-state index contributed by atoms with van der Waals surface area (Å²) in [6.07, 6.45) is 0.1000. The standard InChI is InChI=1S/C21H23F2NO/c1-3-4-5-6-17-9-13-20(14-10-17)21(22,23)25-16(2)19-11-7-18(15-24)8-12-19/h7-14,16H,3-6H2,1-2H3. The molecule has 25 heavy (non-hydrogen) atoms. The maximum Gasteiger partial charge on any atom is 0.383 e. The summed E-state index contributed by atoms with van der Waals surface area (Å²) in [5.41, 5.74) is 2.01. The molecule has 4 heteroatoms. The van der Waals surface area contributed by atoms with Crippen LogP contribution in [0.1, 0.15) is 61.5 Å². The van der Waals surface area contributed by atoms with Crippen LogP contribution in [0.15, 0.2) is 48.5 Å². The fourth-order valence-electron chi connectivity index (χ4n) is 2.63. The smallest absolute Gasteiger partial charge is 0.309 e. The van der Waals surface area contributed by atoms with E-state index in [1.54, 1.807) is 43.3 Å². The summed E-state index contributed by atoms with van der Waals surface area (Å²) >= 11 is 0. The van der Waals surface area contributed by atoms with Crippen molar-refractivity contribution < 1.29 is 13.5 Å². The van der Waals surface area contributed by atoms with Crippen LogP contribution in [0.4, 0.5) is 8.78 Å². The van der Waals surface area contributed by atoms with Crippen molar-refractivity contribution >= 4 is 0 Å². The third-order valence-corrected chi connectivity index (χ3v) is 4.19. The summed E-state index contributed by atoms with van der Waals surface area (Å²) in [6.45, 7) is 3.71. The first-order valence-electron chi connectivity index (χ1n) is 8.61. The average molecular weight is 343 g/mol. The van der Waals surface area contributed by atoms with Crippen molar-refractivity contribution in [2.45, 2.75) is 51.7 Å². The minimum Gasteiger partial charge on any atom is -0.309 e. The van der Waals surface area contributed by atoms with E-state index in [1.807, 2.05) is 6.07 Å². The molecule has 0 aromatic heterocycles. The highest BCUT2D eigenvalue weighted by molar-refractivity contribution is 5.32. The molecule has 0 fully saturated rings. The van der Waals surface area contributed by atoms with Crippen molar-refractivity contribution in [1.82, 2.24) is 0 Å². The van der Waals surface area contributed by atoms with E-state index < -0.39 is 12.2 Å². The Labute approximate surface area is 148 Å². The summed E-state index contributed by atoms with van der Waals surface area (Å²) in [4.78, 5) is 0. The summed E-state index contributed by atoms with van der Waals surface area (Å²) in [7, 11) is 0. The molecule has 1 atom stereocenters. The number of halogens is 2. The molecule has 132 valence electrons. The first kappa shape index (κ1) is 19.1. The largest absolute Gasteiger partial charge is 0.383 e. The van der Waals surface area contributed by atoms with Crippen LogP contribution in [0.5, 0.6) is 0 Å². The SMILES string of the molecule is CCCCCc1ccc(C(F)(F)OC(C)c2ccc(C#N)cc2)cc1. The number of benzene rings is 2. The van der Waals surface area contributed by atoms with E-state index in [1.165, 1.54) is 12.1 Å². The lowest BCUT2D eigenvalue weighted by atomic mass is 10.0. The maximum atomic E-state index is 14.4. The van der Waals surface area contributed by atoms with Crippen molar-refractivity contribution in [3.8, 4) is 6.07 Å². The van der Waals surface area contributed by atoms with Gasteiger partial charge in [0.05, 0.1) is 23.3 Å². The monoisotopic (exact) mass is 343 g/mol. The molecule has 0 saturated carbocycles. The molecule has 0 aliphatic carbocycles. The zero-order valence-corrected chi connectivity index (χ0v) is 14.6. The van der Waals surface area contributed by atoms with E-state index in [9.17, 15) is 8.78 Å². The number of rotatable bonds is 8. The zero-order valence-electron chi connectivity index (χ0n) is 14.6. The fraction of sp³-hybridized carbons (Fsp3) is 0.381. The number of hydrogen-bond donors (Lipinski definition) is 0. The molecule has 0 amide bonds. The van der Waals surface area contributed by atoms with Gasteiger partial charge in [-0.3, -0.25) is 0 Å². The van der Waals surface area contributed by atoms with Gasteiger partial charge in [0.15, 0.2) is 0 Å². The normalized spacial score (nSPS) is 12.6. The first-order valence-corrected chi connectivity index (χ1v) is 8.61. The minimum absolute atomic E-state index is 0.146. The summed E-state index contributed by atoms with van der Waals surface area (Å²) in [5.74, 6) is 0. The maximum absolute atomic E-state index is 14.4. The van der Waals surface area contributed by atoms with Crippen LogP contribution in [0.3, 0.4) is 0 Å². The molecule has 0 aliphatic rings. The van der Waals surface area contributed by atoms with Crippen LogP contribution in [0, 0.1) is 11.3 Å². The van der Waals surface area contributed by atoms with Gasteiger partial charge in [0.25, 0.3) is 0 Å². The van der Waals surface area contributed by atoms with Gasteiger partial charge >= 0.3 is 6.11 Å². The van der Waals surface area contributed by atoms with Crippen molar-refractivity contribution in [3.63, 3.8) is 0 Å². The third kappa shape index (κ3) is 5.37. The van der Waals surface area contributed by atoms with E-state index in [0.29, 0.717) is 11.1 Å². The highest BCUT2D eigenvalue weighted by Gasteiger charge is 2.35. The Kier molecular flexibility index (Phi) is 6.66. The van der Waals surface area contributed by atoms with Crippen LogP contribution < -0.4 is 0 Å². The van der Waals surface area contributed by atoms with Gasteiger partial charge in [-0.05, 0) is 43.0 Å². The highest BCUT2D eigenvalue weighted by atomic mass is 19.3. The number of hydrogen-bond acceptors (Lipinski definition) is 2. The van der Waals surface area contributed by atoms with Crippen LogP contribution in [-0.2, 0) is 17.3 Å². The highest BCUT2D eigenvalue weighted by Crippen LogP contribution is 2.35. The third-order valence-electron chi connectivity index (χ3n) is 4.19. The second-order valence-electron chi connectivity index (χ2n) is 6.16. The van der Waals surface area contributed by atoms with Crippen LogP contribution in [0.25, 0.3) is 0 Å². The molecule has 0 heterocycles. The lowest BCUT2D eigenvalue weighted by molar-refractivity contribution is -0.272. The second-order valence-corrected chi connectivity index (χ2v) is 6.16. The Balaban J connectivity index is 2.03. The van der Waals surface area contributed by atoms with E-state index >= 15 is 0 Å². The van der Waals surface area contributed by atoms with Crippen LogP contribution >= 0.6 is 0 Å². The second kappa shape index (κ2) is 8.73. The van der Waals surface area contributed by atoms with Crippen molar-refractivity contribution in [1.29, 1.82) is 5.26 Å². The van der Waals surface area contributed by atoms with E-state index in [4.69, 9.17) is 10.00 Å². The summed E-state index contributed by atoms with van der Waals surface area (Å²) in [6, 6.07) is 14.8. The van der Waals surface area contributed by atoms with Gasteiger partial charge in [0, 0.05) is 0 Å². The van der Waals surface area contributed by atoms with Gasteiger partial charge in [0.1, 0.15) is 0 Å². The molecule has 0 saturated heterocycles. The quantitative estimate of drug-likeness (QED) is 0.541. The fourth-order valence-corrected chi connectivity index (χ4v) is 2.63. The molecule has 2 nitrogen and oxygen atoms in total. The zero-order chi connectivity index (χ0) is 18.3. The predicted molar refractivity (Wildman–Crippen MR) is 94.2 cm³/mol. The number of nitriles is 1. The van der Waals surface area contributed by atoms with Crippen molar-refractivity contribution in [3.05, 3.63) is 70.8 Å². The molecule has 0 bridgehead atoms. The van der Waals surface area contributed by atoms with Gasteiger partial charge in [-0.1, -0.05) is 56.2 Å². The van der Waals surface area contributed by atoms with E-state index in [0.717, 1.165) is 31.2 Å². The van der Waals surface area contributed by atoms with Gasteiger partial charge in [-0.15, -0.1) is 0 Å². The molecule has 0 spiro atoms. The molecular weight excluding hydrogens is 320 g/mol. The number of aryl methyl sites for hydroxylation is 1. The minimum atomic E-state index is -3.37. The number of nitrogens with zero attached hydrogens (tertiary/aromatic N) is 1.